The number of hydrogen-bond acceptors (Lipinski definition) is 6. The second kappa shape index (κ2) is 10.7. The predicted molar refractivity (Wildman–Crippen MR) is 134 cm³/mol. The number of carbonyl (C=O) groups excluding carboxylic acids is 2. The Kier molecular flexibility index (Phi) is 7.45. The van der Waals surface area contributed by atoms with E-state index in [2.05, 4.69) is 20.9 Å². The molecule has 0 unspecified atom stereocenters. The summed E-state index contributed by atoms with van der Waals surface area (Å²) >= 11 is 9.67. The van der Waals surface area contributed by atoms with Gasteiger partial charge in [0.1, 0.15) is 0 Å². The number of carbonyl (C=O) groups is 2. The van der Waals surface area contributed by atoms with Crippen molar-refractivity contribution in [2.24, 2.45) is 4.99 Å². The Morgan fingerprint density at radius 3 is 2.56 bits per heavy atom. The van der Waals surface area contributed by atoms with Crippen molar-refractivity contribution < 1.29 is 23.8 Å². The first kappa shape index (κ1) is 23.7. The van der Waals surface area contributed by atoms with E-state index in [-0.39, 0.29) is 24.0 Å². The van der Waals surface area contributed by atoms with Gasteiger partial charge in [0.25, 0.3) is 0 Å². The predicted octanol–water partition coefficient (Wildman–Crippen LogP) is 6.11. The van der Waals surface area contributed by atoms with Crippen LogP contribution in [0.25, 0.3) is 6.08 Å². The van der Waals surface area contributed by atoms with Crippen LogP contribution in [0.1, 0.15) is 28.4 Å². The minimum Gasteiger partial charge on any atom is -0.490 e. The minimum atomic E-state index is -0.585. The SMILES string of the molecule is CCOc1cc(/C=C2\N=C(c3ccccc3Cl)OC2=O)cc(Br)c1OCC(=O)c1ccccc1. The van der Waals surface area contributed by atoms with Crippen LogP contribution in [0, 0.1) is 0 Å². The summed E-state index contributed by atoms with van der Waals surface area (Å²) in [5.41, 5.74) is 1.85. The number of ketones is 1. The van der Waals surface area contributed by atoms with Gasteiger partial charge in [-0.3, -0.25) is 4.79 Å². The molecule has 1 aliphatic heterocycles. The molecule has 4 rings (SSSR count). The zero-order chi connectivity index (χ0) is 24.1. The molecule has 34 heavy (non-hydrogen) atoms. The molecule has 0 amide bonds. The first-order valence-corrected chi connectivity index (χ1v) is 11.6. The van der Waals surface area contributed by atoms with Crippen molar-refractivity contribution in [2.75, 3.05) is 13.2 Å². The molecule has 3 aromatic carbocycles. The van der Waals surface area contributed by atoms with Gasteiger partial charge >= 0.3 is 5.97 Å². The van der Waals surface area contributed by atoms with Crippen LogP contribution in [0.3, 0.4) is 0 Å². The molecule has 1 heterocycles. The number of ether oxygens (including phenoxy) is 3. The van der Waals surface area contributed by atoms with Crippen LogP contribution in [-0.2, 0) is 9.53 Å². The van der Waals surface area contributed by atoms with Gasteiger partial charge in [-0.2, -0.15) is 0 Å². The van der Waals surface area contributed by atoms with Crippen LogP contribution < -0.4 is 9.47 Å². The smallest absolute Gasteiger partial charge is 0.363 e. The first-order chi connectivity index (χ1) is 16.5. The lowest BCUT2D eigenvalue weighted by Gasteiger charge is -2.14. The van der Waals surface area contributed by atoms with Crippen molar-refractivity contribution in [2.45, 2.75) is 6.92 Å². The van der Waals surface area contributed by atoms with Gasteiger partial charge in [-0.25, -0.2) is 9.79 Å². The third kappa shape index (κ3) is 5.38. The summed E-state index contributed by atoms with van der Waals surface area (Å²) in [7, 11) is 0. The molecule has 0 saturated carbocycles. The number of rotatable bonds is 8. The van der Waals surface area contributed by atoms with Gasteiger partial charge in [-0.05, 0) is 58.8 Å². The number of benzene rings is 3. The first-order valence-electron chi connectivity index (χ1n) is 10.4. The fraction of sp³-hybridized carbons (Fsp3) is 0.115. The Balaban J connectivity index is 1.60. The molecular weight excluding hydrogens is 522 g/mol. The van der Waals surface area contributed by atoms with Crippen molar-refractivity contribution >= 4 is 51.3 Å². The standard InChI is InChI=1S/C26H19BrClNO5/c1-2-32-23-14-16(12-19(27)24(23)33-15-22(30)17-8-4-3-5-9-17)13-21-26(31)34-25(29-21)18-10-6-7-11-20(18)28/h3-14H,2,15H2,1H3/b21-13-. The van der Waals surface area contributed by atoms with Crippen LogP contribution in [0.15, 0.2) is 81.9 Å². The summed E-state index contributed by atoms with van der Waals surface area (Å²) < 4.78 is 17.4. The molecule has 0 bridgehead atoms. The van der Waals surface area contributed by atoms with Crippen molar-refractivity contribution in [3.05, 3.63) is 98.6 Å². The number of cyclic esters (lactones) is 1. The number of aliphatic imine (C=N–C) groups is 1. The molecule has 0 atom stereocenters. The highest BCUT2D eigenvalue weighted by Gasteiger charge is 2.26. The number of esters is 1. The summed E-state index contributed by atoms with van der Waals surface area (Å²) in [6.45, 7) is 2.07. The zero-order valence-corrected chi connectivity index (χ0v) is 20.4. The Labute approximate surface area is 209 Å². The highest BCUT2D eigenvalue weighted by atomic mass is 79.9. The Morgan fingerprint density at radius 2 is 1.82 bits per heavy atom. The van der Waals surface area contributed by atoms with Crippen molar-refractivity contribution in [1.82, 2.24) is 0 Å². The second-order valence-corrected chi connectivity index (χ2v) is 8.42. The van der Waals surface area contributed by atoms with Gasteiger partial charge in [0.05, 0.1) is 21.7 Å². The van der Waals surface area contributed by atoms with Crippen LogP contribution >= 0.6 is 27.5 Å². The van der Waals surface area contributed by atoms with Crippen molar-refractivity contribution in [1.29, 1.82) is 0 Å². The average molecular weight is 541 g/mol. The van der Waals surface area contributed by atoms with E-state index >= 15 is 0 Å². The zero-order valence-electron chi connectivity index (χ0n) is 18.1. The summed E-state index contributed by atoms with van der Waals surface area (Å²) in [6, 6.07) is 19.3. The third-order valence-electron chi connectivity index (χ3n) is 4.80. The summed E-state index contributed by atoms with van der Waals surface area (Å²) in [5, 5.41) is 0.434. The maximum atomic E-state index is 12.4. The molecule has 0 aliphatic carbocycles. The molecule has 172 valence electrons. The molecule has 1 aliphatic rings. The van der Waals surface area contributed by atoms with Crippen LogP contribution in [-0.4, -0.2) is 30.9 Å². The maximum Gasteiger partial charge on any atom is 0.363 e. The largest absolute Gasteiger partial charge is 0.490 e. The Morgan fingerprint density at radius 1 is 1.09 bits per heavy atom. The molecule has 0 fully saturated rings. The molecule has 0 saturated heterocycles. The average Bonchev–Trinajstić information content (AvgIpc) is 3.19. The van der Waals surface area contributed by atoms with Gasteiger partial charge in [-0.1, -0.05) is 54.1 Å². The van der Waals surface area contributed by atoms with E-state index in [4.69, 9.17) is 25.8 Å². The fourth-order valence-electron chi connectivity index (χ4n) is 3.24. The topological polar surface area (TPSA) is 74.2 Å². The number of Topliss-reactive ketones (excluding diaryl/α,β-unsaturated/α-hetero) is 1. The van der Waals surface area contributed by atoms with E-state index < -0.39 is 5.97 Å². The molecule has 0 spiro atoms. The Bertz CT molecular complexity index is 1300. The highest BCUT2D eigenvalue weighted by Crippen LogP contribution is 2.38. The molecular formula is C26H19BrClNO5. The Hall–Kier alpha value is -3.42. The number of nitrogens with zero attached hydrogens (tertiary/aromatic N) is 1. The molecule has 3 aromatic rings. The van der Waals surface area contributed by atoms with E-state index in [1.54, 1.807) is 66.7 Å². The monoisotopic (exact) mass is 539 g/mol. The fourth-order valence-corrected chi connectivity index (χ4v) is 4.03. The lowest BCUT2D eigenvalue weighted by atomic mass is 10.1. The van der Waals surface area contributed by atoms with Gasteiger partial charge in [-0.15, -0.1) is 0 Å². The van der Waals surface area contributed by atoms with Gasteiger partial charge in [0.15, 0.2) is 29.6 Å². The van der Waals surface area contributed by atoms with Crippen LogP contribution in [0.5, 0.6) is 11.5 Å². The van der Waals surface area contributed by atoms with E-state index in [0.29, 0.717) is 44.3 Å². The quantitative estimate of drug-likeness (QED) is 0.196. The second-order valence-electron chi connectivity index (χ2n) is 7.16. The van der Waals surface area contributed by atoms with E-state index in [9.17, 15) is 9.59 Å². The lowest BCUT2D eigenvalue weighted by molar-refractivity contribution is -0.129. The highest BCUT2D eigenvalue weighted by molar-refractivity contribution is 9.10. The number of hydrogen-bond donors (Lipinski definition) is 0. The number of halogens is 2. The summed E-state index contributed by atoms with van der Waals surface area (Å²) in [6.07, 6.45) is 1.58. The molecule has 0 N–H and O–H groups in total. The van der Waals surface area contributed by atoms with Crippen molar-refractivity contribution in [3.63, 3.8) is 0 Å². The molecule has 0 aromatic heterocycles. The van der Waals surface area contributed by atoms with Crippen LogP contribution in [0.4, 0.5) is 0 Å². The third-order valence-corrected chi connectivity index (χ3v) is 5.72. The normalized spacial score (nSPS) is 14.0. The molecule has 6 nitrogen and oxygen atoms in total. The lowest BCUT2D eigenvalue weighted by Crippen LogP contribution is -2.12. The van der Waals surface area contributed by atoms with Crippen molar-refractivity contribution in [3.8, 4) is 11.5 Å². The van der Waals surface area contributed by atoms with Gasteiger partial charge in [0.2, 0.25) is 5.90 Å². The molecule has 0 radical (unpaired) electrons. The van der Waals surface area contributed by atoms with Crippen LogP contribution in [0.2, 0.25) is 5.02 Å². The van der Waals surface area contributed by atoms with Gasteiger partial charge in [0, 0.05) is 5.56 Å². The van der Waals surface area contributed by atoms with Gasteiger partial charge < -0.3 is 14.2 Å². The van der Waals surface area contributed by atoms with E-state index in [1.165, 1.54) is 0 Å². The van der Waals surface area contributed by atoms with E-state index in [1.807, 2.05) is 13.0 Å². The summed E-state index contributed by atoms with van der Waals surface area (Å²) in [4.78, 5) is 29.1. The molecule has 8 heteroatoms. The minimum absolute atomic E-state index is 0.122. The maximum absolute atomic E-state index is 12.4. The summed E-state index contributed by atoms with van der Waals surface area (Å²) in [5.74, 6) is 0.216. The van der Waals surface area contributed by atoms with E-state index in [0.717, 1.165) is 0 Å².